The highest BCUT2D eigenvalue weighted by atomic mass is 16.4. The number of carboxylic acid groups (broad SMARTS) is 2. The molecule has 38 heavy (non-hydrogen) atoms. The van der Waals surface area contributed by atoms with E-state index in [1.165, 1.54) is 0 Å². The number of hydrogen-bond acceptors (Lipinski definition) is 4. The number of aliphatic carboxylic acids is 2. The van der Waals surface area contributed by atoms with Crippen LogP contribution in [0.1, 0.15) is 154 Å². The minimum Gasteiger partial charge on any atom is -0.481 e. The van der Waals surface area contributed by atoms with E-state index >= 15 is 0 Å². The Kier molecular flexibility index (Phi) is 26.3. The fraction of sp³-hybridized carbons (Fsp3) is 0.867. The Bertz CT molecular complexity index is 560. The molecule has 0 spiro atoms. The van der Waals surface area contributed by atoms with E-state index in [9.17, 15) is 19.2 Å². The lowest BCUT2D eigenvalue weighted by molar-refractivity contribution is -0.138. The smallest absolute Gasteiger partial charge is 0.303 e. The Hall–Kier alpha value is -2.12. The van der Waals surface area contributed by atoms with Gasteiger partial charge in [0.2, 0.25) is 11.8 Å². The van der Waals surface area contributed by atoms with Gasteiger partial charge in [-0.25, -0.2) is 0 Å². The average Bonchev–Trinajstić information content (AvgIpc) is 2.87. The molecule has 0 aliphatic heterocycles. The SMILES string of the molecule is O=C(O)CCCCCCCCCCC(=O)NCCCCCCNC(=O)CCCCCCCCCCC(=O)O. The molecule has 0 saturated carbocycles. The molecule has 222 valence electrons. The summed E-state index contributed by atoms with van der Waals surface area (Å²) in [5, 5.41) is 23.2. The molecule has 0 saturated heterocycles. The number of carbonyl (C=O) groups is 4. The van der Waals surface area contributed by atoms with Gasteiger partial charge in [-0.05, 0) is 38.5 Å². The number of hydrogen-bond donors (Lipinski definition) is 4. The number of unbranched alkanes of at least 4 members (excludes halogenated alkanes) is 17. The van der Waals surface area contributed by atoms with Gasteiger partial charge in [-0.15, -0.1) is 0 Å². The first-order valence-corrected chi connectivity index (χ1v) is 15.4. The van der Waals surface area contributed by atoms with Gasteiger partial charge in [0.15, 0.2) is 0 Å². The van der Waals surface area contributed by atoms with Crippen molar-refractivity contribution in [1.82, 2.24) is 10.6 Å². The molecule has 8 nitrogen and oxygen atoms in total. The standard InChI is InChI=1S/C30H56N2O6/c33-27(21-15-9-5-1-3-7-11-17-23-29(35)36)31-25-19-13-14-20-26-32-28(34)22-16-10-6-2-4-8-12-18-24-30(37)38/h1-26H2,(H,31,33)(H,32,34)(H,35,36)(H,37,38). The van der Waals surface area contributed by atoms with E-state index in [2.05, 4.69) is 10.6 Å². The van der Waals surface area contributed by atoms with Gasteiger partial charge in [-0.2, -0.15) is 0 Å². The molecule has 0 aliphatic carbocycles. The molecular formula is C30H56N2O6. The van der Waals surface area contributed by atoms with Gasteiger partial charge in [-0.3, -0.25) is 19.2 Å². The Morgan fingerprint density at radius 2 is 0.579 bits per heavy atom. The van der Waals surface area contributed by atoms with Crippen LogP contribution in [-0.4, -0.2) is 47.1 Å². The quantitative estimate of drug-likeness (QED) is 0.0776. The maximum Gasteiger partial charge on any atom is 0.303 e. The third kappa shape index (κ3) is 30.1. The summed E-state index contributed by atoms with van der Waals surface area (Å²) in [6, 6.07) is 0. The van der Waals surface area contributed by atoms with Gasteiger partial charge in [0.25, 0.3) is 0 Å². The Labute approximate surface area is 231 Å². The maximum atomic E-state index is 11.9. The van der Waals surface area contributed by atoms with Crippen LogP contribution in [0.25, 0.3) is 0 Å². The molecule has 0 aromatic carbocycles. The highest BCUT2D eigenvalue weighted by Gasteiger charge is 2.03. The Morgan fingerprint density at radius 3 is 0.868 bits per heavy atom. The van der Waals surface area contributed by atoms with E-state index in [1.54, 1.807) is 0 Å². The van der Waals surface area contributed by atoms with Crippen LogP contribution in [0.4, 0.5) is 0 Å². The van der Waals surface area contributed by atoms with Crippen LogP contribution in [0.3, 0.4) is 0 Å². The Balaban J connectivity index is 3.28. The number of amides is 2. The first-order chi connectivity index (χ1) is 18.4. The van der Waals surface area contributed by atoms with Crippen molar-refractivity contribution in [3.05, 3.63) is 0 Å². The van der Waals surface area contributed by atoms with Crippen molar-refractivity contribution in [2.24, 2.45) is 0 Å². The van der Waals surface area contributed by atoms with Crippen molar-refractivity contribution in [3.63, 3.8) is 0 Å². The van der Waals surface area contributed by atoms with Gasteiger partial charge in [0.05, 0.1) is 0 Å². The topological polar surface area (TPSA) is 133 Å². The summed E-state index contributed by atoms with van der Waals surface area (Å²) in [5.74, 6) is -1.14. The average molecular weight is 541 g/mol. The minimum atomic E-state index is -0.709. The normalized spacial score (nSPS) is 10.8. The molecule has 0 fully saturated rings. The van der Waals surface area contributed by atoms with Gasteiger partial charge in [0.1, 0.15) is 0 Å². The van der Waals surface area contributed by atoms with Crippen LogP contribution in [0.15, 0.2) is 0 Å². The second-order valence-electron chi connectivity index (χ2n) is 10.6. The van der Waals surface area contributed by atoms with Gasteiger partial charge in [-0.1, -0.05) is 89.9 Å². The molecule has 0 radical (unpaired) electrons. The van der Waals surface area contributed by atoms with Crippen molar-refractivity contribution < 1.29 is 29.4 Å². The second-order valence-corrected chi connectivity index (χ2v) is 10.6. The van der Waals surface area contributed by atoms with Crippen molar-refractivity contribution in [2.45, 2.75) is 154 Å². The largest absolute Gasteiger partial charge is 0.481 e. The zero-order valence-corrected chi connectivity index (χ0v) is 23.9. The molecule has 0 aromatic heterocycles. The third-order valence-electron chi connectivity index (χ3n) is 6.84. The fourth-order valence-electron chi connectivity index (χ4n) is 4.48. The van der Waals surface area contributed by atoms with Crippen molar-refractivity contribution in [2.75, 3.05) is 13.1 Å². The van der Waals surface area contributed by atoms with Crippen molar-refractivity contribution in [1.29, 1.82) is 0 Å². The molecule has 8 heteroatoms. The van der Waals surface area contributed by atoms with E-state index < -0.39 is 11.9 Å². The number of nitrogens with one attached hydrogen (secondary N) is 2. The minimum absolute atomic E-state index is 0.140. The molecular weight excluding hydrogens is 484 g/mol. The summed E-state index contributed by atoms with van der Waals surface area (Å²) < 4.78 is 0. The molecule has 4 N–H and O–H groups in total. The summed E-state index contributed by atoms with van der Waals surface area (Å²) in [7, 11) is 0. The summed E-state index contributed by atoms with van der Waals surface area (Å²) in [6.07, 6.45) is 22.4. The summed E-state index contributed by atoms with van der Waals surface area (Å²) in [4.78, 5) is 44.7. The predicted octanol–water partition coefficient (Wildman–Crippen LogP) is 6.75. The Morgan fingerprint density at radius 1 is 0.342 bits per heavy atom. The first kappa shape index (κ1) is 35.9. The predicted molar refractivity (Wildman–Crippen MR) is 152 cm³/mol. The molecule has 2 amide bonds. The van der Waals surface area contributed by atoms with E-state index in [-0.39, 0.29) is 24.7 Å². The molecule has 0 atom stereocenters. The van der Waals surface area contributed by atoms with Gasteiger partial charge < -0.3 is 20.8 Å². The molecule has 0 aliphatic rings. The van der Waals surface area contributed by atoms with Crippen LogP contribution < -0.4 is 10.6 Å². The van der Waals surface area contributed by atoms with Crippen molar-refractivity contribution in [3.8, 4) is 0 Å². The second kappa shape index (κ2) is 27.9. The zero-order valence-electron chi connectivity index (χ0n) is 23.9. The lowest BCUT2D eigenvalue weighted by atomic mass is 10.1. The first-order valence-electron chi connectivity index (χ1n) is 15.4. The monoisotopic (exact) mass is 540 g/mol. The van der Waals surface area contributed by atoms with Crippen LogP contribution in [0, 0.1) is 0 Å². The van der Waals surface area contributed by atoms with E-state index in [4.69, 9.17) is 10.2 Å². The fourth-order valence-corrected chi connectivity index (χ4v) is 4.48. The number of carboxylic acids is 2. The molecule has 0 bridgehead atoms. The molecule has 0 aromatic rings. The van der Waals surface area contributed by atoms with E-state index in [0.717, 1.165) is 142 Å². The zero-order chi connectivity index (χ0) is 28.1. The highest BCUT2D eigenvalue weighted by molar-refractivity contribution is 5.76. The van der Waals surface area contributed by atoms with Crippen LogP contribution in [-0.2, 0) is 19.2 Å². The summed E-state index contributed by atoms with van der Waals surface area (Å²) in [6.45, 7) is 1.45. The lowest BCUT2D eigenvalue weighted by Crippen LogP contribution is -2.24. The summed E-state index contributed by atoms with van der Waals surface area (Å²) in [5.41, 5.74) is 0. The lowest BCUT2D eigenvalue weighted by Gasteiger charge is -2.07. The van der Waals surface area contributed by atoms with E-state index in [0.29, 0.717) is 12.8 Å². The van der Waals surface area contributed by atoms with Gasteiger partial charge >= 0.3 is 11.9 Å². The number of rotatable bonds is 29. The van der Waals surface area contributed by atoms with E-state index in [1.807, 2.05) is 0 Å². The van der Waals surface area contributed by atoms with Crippen molar-refractivity contribution >= 4 is 23.8 Å². The van der Waals surface area contributed by atoms with Gasteiger partial charge in [0, 0.05) is 38.8 Å². The van der Waals surface area contributed by atoms with Crippen LogP contribution in [0.2, 0.25) is 0 Å². The van der Waals surface area contributed by atoms with Crippen LogP contribution in [0.5, 0.6) is 0 Å². The molecule has 0 heterocycles. The summed E-state index contributed by atoms with van der Waals surface area (Å²) >= 11 is 0. The molecule has 0 unspecified atom stereocenters. The maximum absolute atomic E-state index is 11.9. The van der Waals surface area contributed by atoms with Crippen LogP contribution >= 0.6 is 0 Å². The number of carbonyl (C=O) groups excluding carboxylic acids is 2. The third-order valence-corrected chi connectivity index (χ3v) is 6.84. The molecule has 0 rings (SSSR count). The highest BCUT2D eigenvalue weighted by Crippen LogP contribution is 2.12.